The largest absolute Gasteiger partial charge is 0.294 e. The zero-order valence-electron chi connectivity index (χ0n) is 4.65. The summed E-state index contributed by atoms with van der Waals surface area (Å²) in [5, 5.41) is -0.697. The molecule has 0 unspecified atom stereocenters. The van der Waals surface area contributed by atoms with E-state index < -0.39 is 5.24 Å². The van der Waals surface area contributed by atoms with Crippen LogP contribution < -0.4 is 0 Å². The van der Waals surface area contributed by atoms with Gasteiger partial charge in [-0.05, 0) is 22.6 Å². The van der Waals surface area contributed by atoms with E-state index in [9.17, 15) is 9.59 Å². The highest BCUT2D eigenvalue weighted by Crippen LogP contribution is 2.04. The first-order valence-corrected chi connectivity index (χ1v) is 3.73. The molecule has 0 N–H and O–H groups in total. The van der Waals surface area contributed by atoms with Crippen molar-refractivity contribution in [2.45, 2.75) is 6.92 Å². The Morgan fingerprint density at radius 1 is 1.56 bits per heavy atom. The lowest BCUT2D eigenvalue weighted by atomic mass is 10.2. The van der Waals surface area contributed by atoms with Gasteiger partial charge in [-0.25, -0.2) is 0 Å². The molecule has 0 heterocycles. The van der Waals surface area contributed by atoms with Gasteiger partial charge in [0.2, 0.25) is 0 Å². The third-order valence-electron chi connectivity index (χ3n) is 0.700. The second-order valence-electron chi connectivity index (χ2n) is 1.35. The number of allylic oxidation sites excluding steroid dienone is 1. The Bertz CT molecular complexity index is 158. The fourth-order valence-electron chi connectivity index (χ4n) is 0.258. The molecule has 0 aromatic carbocycles. The van der Waals surface area contributed by atoms with E-state index in [4.69, 9.17) is 11.6 Å². The summed E-state index contributed by atoms with van der Waals surface area (Å²) in [6.07, 6.45) is 0. The van der Waals surface area contributed by atoms with Gasteiger partial charge < -0.3 is 0 Å². The number of ketones is 1. The Hall–Kier alpha value is 0.1000. The van der Waals surface area contributed by atoms with E-state index in [1.165, 1.54) is 11.0 Å². The molecule has 0 amide bonds. The van der Waals surface area contributed by atoms with E-state index in [1.807, 2.05) is 0 Å². The first kappa shape index (κ1) is 9.10. The van der Waals surface area contributed by atoms with Gasteiger partial charge in [0.05, 0.1) is 5.57 Å². The zero-order valence-corrected chi connectivity index (χ0v) is 7.56. The van der Waals surface area contributed by atoms with Gasteiger partial charge >= 0.3 is 0 Å². The van der Waals surface area contributed by atoms with Gasteiger partial charge in [-0.3, -0.25) is 9.59 Å². The number of Topliss-reactive ketones (excluding diaryl/α,β-unsaturated/α-hetero) is 1. The molecular weight excluding hydrogens is 254 g/mol. The van der Waals surface area contributed by atoms with Crippen LogP contribution in [0.1, 0.15) is 6.92 Å². The van der Waals surface area contributed by atoms with Crippen molar-refractivity contribution in [3.8, 4) is 0 Å². The van der Waals surface area contributed by atoms with Gasteiger partial charge in [0.15, 0.2) is 5.78 Å². The molecule has 0 saturated heterocycles. The SMILES string of the molecule is CC(=O)/C(=C\I)C(=O)Cl. The van der Waals surface area contributed by atoms with E-state index in [0.717, 1.165) is 0 Å². The maximum atomic E-state index is 10.4. The molecule has 50 valence electrons. The number of rotatable bonds is 2. The average molecular weight is 258 g/mol. The average Bonchev–Trinajstić information content (AvgIpc) is 1.64. The van der Waals surface area contributed by atoms with Crippen molar-refractivity contribution in [1.29, 1.82) is 0 Å². The highest BCUT2D eigenvalue weighted by molar-refractivity contribution is 14.1. The van der Waals surface area contributed by atoms with Gasteiger partial charge in [0, 0.05) is 0 Å². The van der Waals surface area contributed by atoms with Crippen LogP contribution in [0.3, 0.4) is 0 Å². The van der Waals surface area contributed by atoms with Gasteiger partial charge in [-0.2, -0.15) is 0 Å². The van der Waals surface area contributed by atoms with Gasteiger partial charge in [0.25, 0.3) is 5.24 Å². The summed E-state index contributed by atoms with van der Waals surface area (Å²) < 4.78 is 1.37. The zero-order chi connectivity index (χ0) is 7.44. The second-order valence-corrected chi connectivity index (χ2v) is 2.32. The summed E-state index contributed by atoms with van der Waals surface area (Å²) in [4.78, 5) is 20.7. The van der Waals surface area contributed by atoms with E-state index >= 15 is 0 Å². The Balaban J connectivity index is 4.38. The first-order valence-electron chi connectivity index (χ1n) is 2.10. The second kappa shape index (κ2) is 4.00. The van der Waals surface area contributed by atoms with Crippen LogP contribution in [0.2, 0.25) is 0 Å². The van der Waals surface area contributed by atoms with Crippen molar-refractivity contribution in [2.75, 3.05) is 0 Å². The van der Waals surface area contributed by atoms with Crippen molar-refractivity contribution < 1.29 is 9.59 Å². The Morgan fingerprint density at radius 2 is 2.00 bits per heavy atom. The summed E-state index contributed by atoms with van der Waals surface area (Å²) in [5.74, 6) is -0.301. The Labute approximate surface area is 71.4 Å². The molecule has 0 rings (SSSR count). The van der Waals surface area contributed by atoms with Crippen LogP contribution in [0.4, 0.5) is 0 Å². The summed E-state index contributed by atoms with van der Waals surface area (Å²) >= 11 is 6.80. The Morgan fingerprint density at radius 3 is 2.00 bits per heavy atom. The first-order chi connectivity index (χ1) is 4.09. The third-order valence-corrected chi connectivity index (χ3v) is 1.53. The summed E-state index contributed by atoms with van der Waals surface area (Å²) in [6.45, 7) is 1.30. The van der Waals surface area contributed by atoms with Crippen LogP contribution in [0.15, 0.2) is 9.66 Å². The molecule has 2 nitrogen and oxygen atoms in total. The predicted molar refractivity (Wildman–Crippen MR) is 43.6 cm³/mol. The molecule has 0 atom stereocenters. The highest BCUT2D eigenvalue weighted by Gasteiger charge is 2.09. The molecule has 0 fully saturated rings. The molecule has 0 aromatic heterocycles. The molecule has 0 aliphatic heterocycles. The minimum Gasteiger partial charge on any atom is -0.294 e. The van der Waals surface area contributed by atoms with Crippen molar-refractivity contribution in [3.63, 3.8) is 0 Å². The maximum absolute atomic E-state index is 10.4. The molecule has 0 aliphatic rings. The lowest BCUT2D eigenvalue weighted by Crippen LogP contribution is -2.02. The Kier molecular flexibility index (Phi) is 4.05. The predicted octanol–water partition coefficient (Wildman–Crippen LogP) is 1.66. The van der Waals surface area contributed by atoms with Crippen LogP contribution in [0.25, 0.3) is 0 Å². The molecule has 0 saturated carbocycles. The molecule has 0 aliphatic carbocycles. The maximum Gasteiger partial charge on any atom is 0.256 e. The van der Waals surface area contributed by atoms with Crippen LogP contribution in [0.5, 0.6) is 0 Å². The lowest BCUT2D eigenvalue weighted by Gasteiger charge is -1.89. The number of halogens is 2. The van der Waals surface area contributed by atoms with Gasteiger partial charge in [-0.15, -0.1) is 0 Å². The standard InChI is InChI=1S/C5H4ClIO2/c1-3(8)4(2-7)5(6)9/h2H,1H3/b4-2+. The highest BCUT2D eigenvalue weighted by atomic mass is 127. The molecule has 0 spiro atoms. The molecule has 0 radical (unpaired) electrons. The number of carbonyl (C=O) groups is 2. The van der Waals surface area contributed by atoms with Gasteiger partial charge in [0.1, 0.15) is 0 Å². The van der Waals surface area contributed by atoms with E-state index in [-0.39, 0.29) is 11.4 Å². The van der Waals surface area contributed by atoms with E-state index in [1.54, 1.807) is 22.6 Å². The van der Waals surface area contributed by atoms with Crippen LogP contribution in [0, 0.1) is 0 Å². The minimum atomic E-state index is -0.697. The molecule has 0 bridgehead atoms. The molecule has 9 heavy (non-hydrogen) atoms. The molecule has 4 heteroatoms. The van der Waals surface area contributed by atoms with Crippen molar-refractivity contribution >= 4 is 45.2 Å². The normalized spacial score (nSPS) is 11.2. The van der Waals surface area contributed by atoms with E-state index in [0.29, 0.717) is 0 Å². The monoisotopic (exact) mass is 258 g/mol. The number of carbonyl (C=O) groups excluding carboxylic acids is 2. The van der Waals surface area contributed by atoms with Crippen LogP contribution in [-0.4, -0.2) is 11.0 Å². The van der Waals surface area contributed by atoms with Crippen LogP contribution in [-0.2, 0) is 9.59 Å². The van der Waals surface area contributed by atoms with E-state index in [2.05, 4.69) is 0 Å². The van der Waals surface area contributed by atoms with Crippen molar-refractivity contribution in [3.05, 3.63) is 9.66 Å². The quantitative estimate of drug-likeness (QED) is 0.248. The van der Waals surface area contributed by atoms with Crippen LogP contribution >= 0.6 is 34.2 Å². The molecular formula is C5H4ClIO2. The number of hydrogen-bond donors (Lipinski definition) is 0. The summed E-state index contributed by atoms with van der Waals surface area (Å²) in [7, 11) is 0. The smallest absolute Gasteiger partial charge is 0.256 e. The van der Waals surface area contributed by atoms with Crippen molar-refractivity contribution in [2.24, 2.45) is 0 Å². The van der Waals surface area contributed by atoms with Crippen molar-refractivity contribution in [1.82, 2.24) is 0 Å². The number of hydrogen-bond acceptors (Lipinski definition) is 2. The fraction of sp³-hybridized carbons (Fsp3) is 0.200. The third kappa shape index (κ3) is 2.95. The lowest BCUT2D eigenvalue weighted by molar-refractivity contribution is -0.116. The fourth-order valence-corrected chi connectivity index (χ4v) is 1.35. The molecule has 0 aromatic rings. The summed E-state index contributed by atoms with van der Waals surface area (Å²) in [5.41, 5.74) is 0.0391. The minimum absolute atomic E-state index is 0.0391. The van der Waals surface area contributed by atoms with Gasteiger partial charge in [-0.1, -0.05) is 22.6 Å². The summed E-state index contributed by atoms with van der Waals surface area (Å²) in [6, 6.07) is 0. The topological polar surface area (TPSA) is 34.1 Å².